The predicted molar refractivity (Wildman–Crippen MR) is 76.7 cm³/mol. The van der Waals surface area contributed by atoms with Gasteiger partial charge < -0.3 is 15.8 Å². The van der Waals surface area contributed by atoms with Crippen LogP contribution in [0, 0.1) is 0 Å². The van der Waals surface area contributed by atoms with Crippen LogP contribution in [0.3, 0.4) is 0 Å². The molecule has 3 N–H and O–H groups in total. The number of hydrogen-bond donors (Lipinski definition) is 2. The highest BCUT2D eigenvalue weighted by Crippen LogP contribution is 2.12. The number of methoxy groups -OCH3 is 1. The van der Waals surface area contributed by atoms with Gasteiger partial charge in [0.15, 0.2) is 0 Å². The van der Waals surface area contributed by atoms with Crippen molar-refractivity contribution in [2.24, 2.45) is 0 Å². The van der Waals surface area contributed by atoms with Gasteiger partial charge in [0.25, 0.3) is 0 Å². The van der Waals surface area contributed by atoms with Gasteiger partial charge in [0, 0.05) is 25.4 Å². The summed E-state index contributed by atoms with van der Waals surface area (Å²) >= 11 is 0. The highest BCUT2D eigenvalue weighted by Gasteiger charge is 2.10. The van der Waals surface area contributed by atoms with E-state index in [9.17, 15) is 4.79 Å². The van der Waals surface area contributed by atoms with Crippen molar-refractivity contribution in [2.75, 3.05) is 33.0 Å². The molecule has 0 saturated heterocycles. The molecule has 0 aliphatic carbocycles. The highest BCUT2D eigenvalue weighted by atomic mass is 16.5. The van der Waals surface area contributed by atoms with Gasteiger partial charge in [0.2, 0.25) is 5.91 Å². The number of anilines is 1. The van der Waals surface area contributed by atoms with Gasteiger partial charge in [-0.15, -0.1) is 0 Å². The minimum absolute atomic E-state index is 0.0125. The topological polar surface area (TPSA) is 67.6 Å². The fourth-order valence-electron chi connectivity index (χ4n) is 1.88. The number of likely N-dealkylation sites (N-methyl/N-ethyl adjacent to an activating group) is 1. The van der Waals surface area contributed by atoms with Crippen LogP contribution in [-0.4, -0.2) is 44.2 Å². The molecule has 0 spiro atoms. The van der Waals surface area contributed by atoms with Crippen molar-refractivity contribution in [1.82, 2.24) is 10.2 Å². The molecule has 0 saturated carbocycles. The highest BCUT2D eigenvalue weighted by molar-refractivity contribution is 5.78. The largest absolute Gasteiger partial charge is 0.398 e. The second kappa shape index (κ2) is 7.76. The monoisotopic (exact) mass is 265 g/mol. The molecule has 0 aliphatic heterocycles. The Morgan fingerprint density at radius 3 is 2.79 bits per heavy atom. The number of carbonyl (C=O) groups is 1. The first kappa shape index (κ1) is 15.5. The van der Waals surface area contributed by atoms with Gasteiger partial charge in [-0.25, -0.2) is 0 Å². The maximum Gasteiger partial charge on any atom is 0.234 e. The first-order valence-electron chi connectivity index (χ1n) is 6.33. The first-order chi connectivity index (χ1) is 9.02. The van der Waals surface area contributed by atoms with E-state index in [-0.39, 0.29) is 11.9 Å². The number of amides is 1. The van der Waals surface area contributed by atoms with Crippen LogP contribution in [0.25, 0.3) is 0 Å². The van der Waals surface area contributed by atoms with E-state index in [0.717, 1.165) is 11.3 Å². The minimum atomic E-state index is -0.0125. The normalized spacial score (nSPS) is 12.4. The molecule has 0 aliphatic rings. The van der Waals surface area contributed by atoms with E-state index < -0.39 is 0 Å². The fourth-order valence-corrected chi connectivity index (χ4v) is 1.88. The molecule has 0 radical (unpaired) electrons. The van der Waals surface area contributed by atoms with Crippen LogP contribution in [0.2, 0.25) is 0 Å². The molecule has 5 heteroatoms. The average molecular weight is 265 g/mol. The van der Waals surface area contributed by atoms with Crippen molar-refractivity contribution in [1.29, 1.82) is 0 Å². The van der Waals surface area contributed by atoms with Gasteiger partial charge in [-0.1, -0.05) is 18.2 Å². The molecule has 1 aromatic carbocycles. The molecule has 1 rings (SSSR count). The van der Waals surface area contributed by atoms with Gasteiger partial charge in [0.05, 0.1) is 13.2 Å². The molecular weight excluding hydrogens is 242 g/mol. The molecule has 0 aromatic heterocycles. The van der Waals surface area contributed by atoms with Crippen molar-refractivity contribution in [3.8, 4) is 0 Å². The maximum absolute atomic E-state index is 11.8. The van der Waals surface area contributed by atoms with E-state index in [2.05, 4.69) is 5.32 Å². The molecule has 106 valence electrons. The standard InChI is InChI=1S/C14H23N3O2/c1-11(10-19-3)16-14(18)9-17(2)8-12-6-4-5-7-13(12)15/h4-7,11H,8-10,15H2,1-3H3,(H,16,18). The minimum Gasteiger partial charge on any atom is -0.398 e. The van der Waals surface area contributed by atoms with Gasteiger partial charge in [-0.2, -0.15) is 0 Å². The molecule has 0 bridgehead atoms. The quantitative estimate of drug-likeness (QED) is 0.717. The third kappa shape index (κ3) is 5.72. The summed E-state index contributed by atoms with van der Waals surface area (Å²) in [4.78, 5) is 13.7. The van der Waals surface area contributed by atoms with Gasteiger partial charge >= 0.3 is 0 Å². The first-order valence-corrected chi connectivity index (χ1v) is 6.33. The molecule has 5 nitrogen and oxygen atoms in total. The summed E-state index contributed by atoms with van der Waals surface area (Å²) in [6.07, 6.45) is 0. The van der Waals surface area contributed by atoms with Crippen LogP contribution < -0.4 is 11.1 Å². The fraction of sp³-hybridized carbons (Fsp3) is 0.500. The Morgan fingerprint density at radius 1 is 1.47 bits per heavy atom. The molecule has 1 unspecified atom stereocenters. The second-order valence-electron chi connectivity index (χ2n) is 4.80. The maximum atomic E-state index is 11.8. The van der Waals surface area contributed by atoms with E-state index >= 15 is 0 Å². The summed E-state index contributed by atoms with van der Waals surface area (Å²) < 4.78 is 4.98. The molecule has 1 aromatic rings. The third-order valence-corrected chi connectivity index (χ3v) is 2.73. The van der Waals surface area contributed by atoms with E-state index in [1.807, 2.05) is 43.1 Å². The van der Waals surface area contributed by atoms with Gasteiger partial charge in [0.1, 0.15) is 0 Å². The number of rotatable bonds is 7. The Bertz CT molecular complexity index is 409. The zero-order chi connectivity index (χ0) is 14.3. The Morgan fingerprint density at radius 2 is 2.16 bits per heavy atom. The Hall–Kier alpha value is -1.59. The van der Waals surface area contributed by atoms with Crippen LogP contribution in [0.1, 0.15) is 12.5 Å². The van der Waals surface area contributed by atoms with E-state index in [1.165, 1.54) is 0 Å². The number of nitrogens with two attached hydrogens (primary N) is 1. The Labute approximate surface area is 114 Å². The summed E-state index contributed by atoms with van der Waals surface area (Å²) in [5, 5.41) is 2.88. The number of benzene rings is 1. The number of nitrogen functional groups attached to an aromatic ring is 1. The molecule has 19 heavy (non-hydrogen) atoms. The summed E-state index contributed by atoms with van der Waals surface area (Å²) in [6.45, 7) is 3.42. The van der Waals surface area contributed by atoms with Gasteiger partial charge in [-0.3, -0.25) is 9.69 Å². The lowest BCUT2D eigenvalue weighted by Crippen LogP contribution is -2.41. The SMILES string of the molecule is COCC(C)NC(=O)CN(C)Cc1ccccc1N. The predicted octanol–water partition coefficient (Wildman–Crippen LogP) is 0.852. The van der Waals surface area contributed by atoms with E-state index in [0.29, 0.717) is 19.7 Å². The van der Waals surface area contributed by atoms with Crippen LogP contribution in [-0.2, 0) is 16.1 Å². The second-order valence-corrected chi connectivity index (χ2v) is 4.80. The smallest absolute Gasteiger partial charge is 0.234 e. The number of hydrogen-bond acceptors (Lipinski definition) is 4. The average Bonchev–Trinajstić information content (AvgIpc) is 2.31. The summed E-state index contributed by atoms with van der Waals surface area (Å²) in [5.74, 6) is -0.0125. The lowest BCUT2D eigenvalue weighted by atomic mass is 10.2. The van der Waals surface area contributed by atoms with Crippen molar-refractivity contribution < 1.29 is 9.53 Å². The van der Waals surface area contributed by atoms with Gasteiger partial charge in [-0.05, 0) is 25.6 Å². The van der Waals surface area contributed by atoms with Crippen LogP contribution in [0.15, 0.2) is 24.3 Å². The van der Waals surface area contributed by atoms with Crippen LogP contribution in [0.4, 0.5) is 5.69 Å². The van der Waals surface area contributed by atoms with Crippen molar-refractivity contribution in [2.45, 2.75) is 19.5 Å². The summed E-state index contributed by atoms with van der Waals surface area (Å²) in [5.41, 5.74) is 7.66. The number of para-hydroxylation sites is 1. The number of nitrogens with zero attached hydrogens (tertiary/aromatic N) is 1. The molecule has 0 heterocycles. The molecule has 1 amide bonds. The zero-order valence-corrected chi connectivity index (χ0v) is 11.8. The molecule has 0 fully saturated rings. The molecule has 1 atom stereocenters. The Kier molecular flexibility index (Phi) is 6.32. The van der Waals surface area contributed by atoms with Crippen LogP contribution in [0.5, 0.6) is 0 Å². The molecular formula is C14H23N3O2. The number of nitrogens with one attached hydrogen (secondary N) is 1. The van der Waals surface area contributed by atoms with Crippen molar-refractivity contribution >= 4 is 11.6 Å². The van der Waals surface area contributed by atoms with Crippen molar-refractivity contribution in [3.63, 3.8) is 0 Å². The summed E-state index contributed by atoms with van der Waals surface area (Å²) in [7, 11) is 3.51. The summed E-state index contributed by atoms with van der Waals surface area (Å²) in [6, 6.07) is 7.70. The Balaban J connectivity index is 2.41. The lowest BCUT2D eigenvalue weighted by molar-refractivity contribution is -0.123. The number of ether oxygens (including phenoxy) is 1. The van der Waals surface area contributed by atoms with Crippen LogP contribution >= 0.6 is 0 Å². The third-order valence-electron chi connectivity index (χ3n) is 2.73. The van der Waals surface area contributed by atoms with E-state index in [1.54, 1.807) is 7.11 Å². The lowest BCUT2D eigenvalue weighted by Gasteiger charge is -2.19. The van der Waals surface area contributed by atoms with E-state index in [4.69, 9.17) is 10.5 Å². The van der Waals surface area contributed by atoms with Crippen molar-refractivity contribution in [3.05, 3.63) is 29.8 Å². The zero-order valence-electron chi connectivity index (χ0n) is 11.8. The number of carbonyl (C=O) groups excluding carboxylic acids is 1.